The van der Waals surface area contributed by atoms with Crippen molar-refractivity contribution in [2.45, 2.75) is 20.0 Å². The highest BCUT2D eigenvalue weighted by atomic mass is 16.5. The van der Waals surface area contributed by atoms with Crippen LogP contribution in [-0.4, -0.2) is 24.8 Å². The van der Waals surface area contributed by atoms with Crippen LogP contribution in [0.3, 0.4) is 0 Å². The number of methoxy groups -OCH3 is 1. The molecule has 0 spiro atoms. The number of rotatable bonds is 6. The van der Waals surface area contributed by atoms with Crippen molar-refractivity contribution < 1.29 is 4.74 Å². The maximum Gasteiger partial charge on any atom is 0.0587 e. The van der Waals surface area contributed by atoms with Crippen LogP contribution in [0.25, 0.3) is 0 Å². The van der Waals surface area contributed by atoms with Gasteiger partial charge in [-0.25, -0.2) is 0 Å². The fourth-order valence-electron chi connectivity index (χ4n) is 1.31. The molecule has 13 heavy (non-hydrogen) atoms. The average Bonchev–Trinajstić information content (AvgIpc) is 2.60. The maximum atomic E-state index is 4.95. The Bertz CT molecular complexity index is 233. The number of hydrogen-bond donors (Lipinski definition) is 1. The van der Waals surface area contributed by atoms with Crippen molar-refractivity contribution in [1.29, 1.82) is 0 Å². The molecule has 0 aromatic carbocycles. The van der Waals surface area contributed by atoms with E-state index in [1.54, 1.807) is 7.11 Å². The summed E-state index contributed by atoms with van der Waals surface area (Å²) >= 11 is 0. The minimum atomic E-state index is 0.771. The van der Waals surface area contributed by atoms with Crippen LogP contribution in [-0.2, 0) is 17.8 Å². The van der Waals surface area contributed by atoms with Crippen LogP contribution in [0.4, 0.5) is 0 Å². The number of aryl methyl sites for hydroxylation is 1. The van der Waals surface area contributed by atoms with Gasteiger partial charge in [0.25, 0.3) is 0 Å². The predicted molar refractivity (Wildman–Crippen MR) is 53.7 cm³/mol. The van der Waals surface area contributed by atoms with E-state index < -0.39 is 0 Å². The summed E-state index contributed by atoms with van der Waals surface area (Å²) < 4.78 is 7.18. The Kier molecular flexibility index (Phi) is 4.57. The molecule has 0 aliphatic heterocycles. The number of nitrogens with one attached hydrogen (secondary N) is 1. The van der Waals surface area contributed by atoms with Crippen LogP contribution >= 0.6 is 0 Å². The molecule has 74 valence electrons. The summed E-state index contributed by atoms with van der Waals surface area (Å²) in [5.41, 5.74) is 1.33. The third kappa shape index (κ3) is 3.20. The molecule has 1 N–H and O–H groups in total. The molecule has 1 rings (SSSR count). The molecule has 0 saturated heterocycles. The molecule has 1 aromatic rings. The fourth-order valence-corrected chi connectivity index (χ4v) is 1.31. The molecule has 0 saturated carbocycles. The zero-order valence-corrected chi connectivity index (χ0v) is 8.42. The van der Waals surface area contributed by atoms with Crippen LogP contribution in [0.1, 0.15) is 12.6 Å². The molecule has 0 atom stereocenters. The highest BCUT2D eigenvalue weighted by Crippen LogP contribution is 2.00. The summed E-state index contributed by atoms with van der Waals surface area (Å²) in [4.78, 5) is 0. The number of nitrogens with zero attached hydrogens (tertiary/aromatic N) is 1. The van der Waals surface area contributed by atoms with Gasteiger partial charge in [0.1, 0.15) is 0 Å². The number of ether oxygens (including phenoxy) is 1. The topological polar surface area (TPSA) is 26.2 Å². The van der Waals surface area contributed by atoms with E-state index >= 15 is 0 Å². The Labute approximate surface area is 79.7 Å². The third-order valence-electron chi connectivity index (χ3n) is 2.05. The minimum Gasteiger partial charge on any atom is -0.383 e. The first-order valence-electron chi connectivity index (χ1n) is 4.72. The number of aromatic nitrogens is 1. The zero-order chi connectivity index (χ0) is 9.52. The maximum absolute atomic E-state index is 4.95. The molecule has 0 fully saturated rings. The molecular formula is C10H18N2O. The smallest absolute Gasteiger partial charge is 0.0587 e. The van der Waals surface area contributed by atoms with Crippen LogP contribution in [0.2, 0.25) is 0 Å². The van der Waals surface area contributed by atoms with Gasteiger partial charge in [0, 0.05) is 38.6 Å². The van der Waals surface area contributed by atoms with E-state index in [0.29, 0.717) is 0 Å². The predicted octanol–water partition coefficient (Wildman–Crippen LogP) is 1.24. The highest BCUT2D eigenvalue weighted by molar-refractivity contribution is 5.06. The molecule has 0 radical (unpaired) electrons. The van der Waals surface area contributed by atoms with Crippen LogP contribution < -0.4 is 5.32 Å². The molecule has 1 heterocycles. The Balaban J connectivity index is 2.27. The van der Waals surface area contributed by atoms with E-state index in [4.69, 9.17) is 4.74 Å². The van der Waals surface area contributed by atoms with Crippen LogP contribution in [0.5, 0.6) is 0 Å². The first kappa shape index (κ1) is 10.3. The van der Waals surface area contributed by atoms with E-state index in [9.17, 15) is 0 Å². The second-order valence-electron chi connectivity index (χ2n) is 2.96. The average molecular weight is 182 g/mol. The lowest BCUT2D eigenvalue weighted by Crippen LogP contribution is -2.20. The zero-order valence-electron chi connectivity index (χ0n) is 8.42. The Morgan fingerprint density at radius 1 is 1.54 bits per heavy atom. The Morgan fingerprint density at radius 2 is 2.38 bits per heavy atom. The third-order valence-corrected chi connectivity index (χ3v) is 2.05. The molecule has 0 bridgehead atoms. The van der Waals surface area contributed by atoms with Crippen molar-refractivity contribution in [3.63, 3.8) is 0 Å². The second-order valence-corrected chi connectivity index (χ2v) is 2.96. The molecule has 3 nitrogen and oxygen atoms in total. The fraction of sp³-hybridized carbons (Fsp3) is 0.600. The lowest BCUT2D eigenvalue weighted by Gasteiger charge is -2.07. The molecule has 0 aliphatic carbocycles. The summed E-state index contributed by atoms with van der Waals surface area (Å²) in [6.45, 7) is 5.79. The van der Waals surface area contributed by atoms with E-state index in [1.807, 2.05) is 0 Å². The Hall–Kier alpha value is -0.800. The first-order valence-corrected chi connectivity index (χ1v) is 4.72. The normalized spacial score (nSPS) is 10.6. The van der Waals surface area contributed by atoms with E-state index in [2.05, 4.69) is 35.1 Å². The van der Waals surface area contributed by atoms with Crippen molar-refractivity contribution in [3.8, 4) is 0 Å². The van der Waals surface area contributed by atoms with Gasteiger partial charge in [0.2, 0.25) is 0 Å². The van der Waals surface area contributed by atoms with E-state index in [-0.39, 0.29) is 0 Å². The van der Waals surface area contributed by atoms with Gasteiger partial charge in [-0.05, 0) is 19.1 Å². The van der Waals surface area contributed by atoms with Crippen molar-refractivity contribution >= 4 is 0 Å². The summed E-state index contributed by atoms with van der Waals surface area (Å²) in [7, 11) is 1.72. The van der Waals surface area contributed by atoms with Gasteiger partial charge in [0.15, 0.2) is 0 Å². The van der Waals surface area contributed by atoms with Crippen LogP contribution in [0, 0.1) is 0 Å². The van der Waals surface area contributed by atoms with E-state index in [1.165, 1.54) is 5.69 Å². The van der Waals surface area contributed by atoms with Gasteiger partial charge in [0.05, 0.1) is 6.61 Å². The molecule has 0 aliphatic rings. The lowest BCUT2D eigenvalue weighted by atomic mass is 10.4. The van der Waals surface area contributed by atoms with Crippen molar-refractivity contribution in [2.75, 3.05) is 20.3 Å². The van der Waals surface area contributed by atoms with Gasteiger partial charge in [-0.3, -0.25) is 0 Å². The summed E-state index contributed by atoms with van der Waals surface area (Å²) in [6, 6.07) is 4.22. The summed E-state index contributed by atoms with van der Waals surface area (Å²) in [5.74, 6) is 0. The second kappa shape index (κ2) is 5.78. The van der Waals surface area contributed by atoms with Crippen molar-refractivity contribution in [3.05, 3.63) is 24.0 Å². The van der Waals surface area contributed by atoms with Gasteiger partial charge < -0.3 is 14.6 Å². The standard InChI is InChI=1S/C10H18N2O/c1-3-12-7-4-5-10(12)9-11-6-8-13-2/h4-5,7,11H,3,6,8-9H2,1-2H3. The lowest BCUT2D eigenvalue weighted by molar-refractivity contribution is 0.199. The summed E-state index contributed by atoms with van der Waals surface area (Å²) in [5, 5.41) is 3.32. The van der Waals surface area contributed by atoms with Crippen LogP contribution in [0.15, 0.2) is 18.3 Å². The highest BCUT2D eigenvalue weighted by Gasteiger charge is 1.96. The van der Waals surface area contributed by atoms with Crippen molar-refractivity contribution in [1.82, 2.24) is 9.88 Å². The molecule has 3 heteroatoms. The SMILES string of the molecule is CCn1cccc1CNCCOC. The molecule has 0 amide bonds. The summed E-state index contributed by atoms with van der Waals surface area (Å²) in [6.07, 6.45) is 2.10. The van der Waals surface area contributed by atoms with E-state index in [0.717, 1.165) is 26.2 Å². The van der Waals surface area contributed by atoms with Gasteiger partial charge in [-0.1, -0.05) is 0 Å². The first-order chi connectivity index (χ1) is 6.38. The molecule has 1 aromatic heterocycles. The minimum absolute atomic E-state index is 0.771. The number of hydrogen-bond acceptors (Lipinski definition) is 2. The monoisotopic (exact) mass is 182 g/mol. The molecule has 0 unspecified atom stereocenters. The van der Waals surface area contributed by atoms with Gasteiger partial charge in [-0.2, -0.15) is 0 Å². The quantitative estimate of drug-likeness (QED) is 0.670. The van der Waals surface area contributed by atoms with Gasteiger partial charge in [-0.15, -0.1) is 0 Å². The van der Waals surface area contributed by atoms with Gasteiger partial charge >= 0.3 is 0 Å². The Morgan fingerprint density at radius 3 is 3.08 bits per heavy atom. The largest absolute Gasteiger partial charge is 0.383 e. The van der Waals surface area contributed by atoms with Crippen molar-refractivity contribution in [2.24, 2.45) is 0 Å². The molecular weight excluding hydrogens is 164 g/mol.